The minimum absolute atomic E-state index is 0.119. The highest BCUT2D eigenvalue weighted by Crippen LogP contribution is 2.35. The molecule has 0 aliphatic carbocycles. The highest BCUT2D eigenvalue weighted by Gasteiger charge is 2.21. The lowest BCUT2D eigenvalue weighted by Gasteiger charge is -2.22. The maximum Gasteiger partial charge on any atom is 0.162 e. The molecule has 1 aromatic carbocycles. The molecule has 0 spiro atoms. The van der Waals surface area contributed by atoms with Crippen molar-refractivity contribution in [2.45, 2.75) is 26.0 Å². The summed E-state index contributed by atoms with van der Waals surface area (Å²) < 4.78 is 12.5. The molecule has 0 radical (unpaired) electrons. The van der Waals surface area contributed by atoms with Gasteiger partial charge in [0, 0.05) is 20.8 Å². The third-order valence-electron chi connectivity index (χ3n) is 2.92. The average Bonchev–Trinajstić information content (AvgIpc) is 2.83. The van der Waals surface area contributed by atoms with Crippen molar-refractivity contribution in [3.8, 4) is 11.5 Å². The van der Waals surface area contributed by atoms with Gasteiger partial charge in [0.25, 0.3) is 0 Å². The molecule has 0 fully saturated rings. The Hall–Kier alpha value is -1.04. The maximum absolute atomic E-state index is 6.09. The third-order valence-corrected chi connectivity index (χ3v) is 4.67. The first-order valence-corrected chi connectivity index (χ1v) is 7.99. The van der Waals surface area contributed by atoms with Gasteiger partial charge in [-0.05, 0) is 53.5 Å². The zero-order valence-electron chi connectivity index (χ0n) is 11.7. The van der Waals surface area contributed by atoms with Gasteiger partial charge in [-0.3, -0.25) is 0 Å². The van der Waals surface area contributed by atoms with Crippen LogP contribution in [-0.2, 0) is 0 Å². The Kier molecular flexibility index (Phi) is 5.07. The van der Waals surface area contributed by atoms with Gasteiger partial charge in [0.2, 0.25) is 0 Å². The Morgan fingerprint density at radius 1 is 1.25 bits per heavy atom. The van der Waals surface area contributed by atoms with Gasteiger partial charge in [0.15, 0.2) is 11.5 Å². The summed E-state index contributed by atoms with van der Waals surface area (Å²) in [6.07, 6.45) is -0.192. The molecular weight excluding hydrogens is 338 g/mol. The van der Waals surface area contributed by atoms with Crippen LogP contribution in [-0.4, -0.2) is 13.2 Å². The molecule has 0 amide bonds. The monoisotopic (exact) mass is 355 g/mol. The molecule has 0 saturated carbocycles. The van der Waals surface area contributed by atoms with Crippen LogP contribution in [0, 0.1) is 6.92 Å². The molecule has 20 heavy (non-hydrogen) atoms. The molecule has 108 valence electrons. The van der Waals surface area contributed by atoms with Gasteiger partial charge in [-0.15, -0.1) is 11.3 Å². The van der Waals surface area contributed by atoms with Gasteiger partial charge in [0.1, 0.15) is 6.10 Å². The van der Waals surface area contributed by atoms with E-state index in [1.807, 2.05) is 43.5 Å². The fourth-order valence-corrected chi connectivity index (χ4v) is 3.50. The van der Waals surface area contributed by atoms with Crippen molar-refractivity contribution in [1.29, 1.82) is 0 Å². The summed E-state index contributed by atoms with van der Waals surface area (Å²) in [4.78, 5) is 1.09. The number of nitrogens with two attached hydrogens (primary N) is 1. The van der Waals surface area contributed by atoms with Crippen molar-refractivity contribution in [1.82, 2.24) is 0 Å². The molecule has 5 heteroatoms. The van der Waals surface area contributed by atoms with E-state index in [4.69, 9.17) is 15.2 Å². The van der Waals surface area contributed by atoms with Crippen molar-refractivity contribution in [2.24, 2.45) is 5.73 Å². The second-order valence-electron chi connectivity index (χ2n) is 4.72. The second kappa shape index (κ2) is 6.61. The first-order chi connectivity index (χ1) is 9.51. The highest BCUT2D eigenvalue weighted by atomic mass is 79.9. The number of ether oxygens (including phenoxy) is 2. The van der Waals surface area contributed by atoms with Crippen LogP contribution >= 0.6 is 27.3 Å². The Morgan fingerprint density at radius 3 is 2.55 bits per heavy atom. The molecule has 0 saturated heterocycles. The van der Waals surface area contributed by atoms with Crippen molar-refractivity contribution >= 4 is 27.3 Å². The maximum atomic E-state index is 6.09. The number of aryl methyl sites for hydroxylation is 1. The predicted molar refractivity (Wildman–Crippen MR) is 86.8 cm³/mol. The summed E-state index contributed by atoms with van der Waals surface area (Å²) in [6.45, 7) is 3.96. The zero-order valence-corrected chi connectivity index (χ0v) is 14.1. The van der Waals surface area contributed by atoms with Gasteiger partial charge in [-0.25, -0.2) is 0 Å². The van der Waals surface area contributed by atoms with E-state index in [0.29, 0.717) is 5.75 Å². The number of thiophene rings is 1. The number of methoxy groups -OCH3 is 1. The second-order valence-corrected chi connectivity index (χ2v) is 6.58. The summed E-state index contributed by atoms with van der Waals surface area (Å²) in [5.74, 6) is 1.44. The molecule has 2 unspecified atom stereocenters. The average molecular weight is 356 g/mol. The molecule has 2 N–H and O–H groups in total. The van der Waals surface area contributed by atoms with E-state index in [9.17, 15) is 0 Å². The lowest BCUT2D eigenvalue weighted by Crippen LogP contribution is -2.28. The van der Waals surface area contributed by atoms with Crippen molar-refractivity contribution in [3.05, 3.63) is 44.6 Å². The van der Waals surface area contributed by atoms with Crippen LogP contribution in [0.4, 0.5) is 0 Å². The molecule has 3 nitrogen and oxygen atoms in total. The van der Waals surface area contributed by atoms with Crippen LogP contribution in [0.1, 0.15) is 23.5 Å². The molecule has 2 rings (SSSR count). The van der Waals surface area contributed by atoms with Crippen LogP contribution in [0.15, 0.2) is 34.1 Å². The van der Waals surface area contributed by atoms with Gasteiger partial charge >= 0.3 is 0 Å². The Balaban J connectivity index is 2.29. The van der Waals surface area contributed by atoms with Crippen LogP contribution < -0.4 is 15.2 Å². The molecule has 0 aliphatic rings. The molecule has 1 heterocycles. The smallest absolute Gasteiger partial charge is 0.162 e. The summed E-state index contributed by atoms with van der Waals surface area (Å²) >= 11 is 5.09. The lowest BCUT2D eigenvalue weighted by molar-refractivity contribution is 0.176. The quantitative estimate of drug-likeness (QED) is 0.869. The Morgan fingerprint density at radius 2 is 2.00 bits per heavy atom. The highest BCUT2D eigenvalue weighted by molar-refractivity contribution is 9.10. The fraction of sp³-hybridized carbons (Fsp3) is 0.333. The van der Waals surface area contributed by atoms with Gasteiger partial charge in [-0.2, -0.15) is 0 Å². The Bertz CT molecular complexity index is 583. The van der Waals surface area contributed by atoms with Crippen molar-refractivity contribution < 1.29 is 9.47 Å². The van der Waals surface area contributed by atoms with Crippen LogP contribution in [0.2, 0.25) is 0 Å². The van der Waals surface area contributed by atoms with Crippen molar-refractivity contribution in [3.63, 3.8) is 0 Å². The molecule has 2 aromatic rings. The van der Waals surface area contributed by atoms with E-state index in [1.54, 1.807) is 18.4 Å². The topological polar surface area (TPSA) is 44.5 Å². The lowest BCUT2D eigenvalue weighted by atomic mass is 10.1. The van der Waals surface area contributed by atoms with E-state index in [2.05, 4.69) is 15.9 Å². The van der Waals surface area contributed by atoms with Gasteiger partial charge < -0.3 is 15.2 Å². The SMILES string of the molecule is COc1cc(C)ccc1OC(c1cc(Br)cs1)C(C)N. The summed E-state index contributed by atoms with van der Waals surface area (Å²) in [6, 6.07) is 7.80. The predicted octanol–water partition coefficient (Wildman–Crippen LogP) is 4.29. The number of benzene rings is 1. The standard InChI is InChI=1S/C15H18BrNO2S/c1-9-4-5-12(13(6-9)18-3)19-15(10(2)17)14-7-11(16)8-20-14/h4-8,10,15H,17H2,1-3H3. The molecular formula is C15H18BrNO2S. The molecule has 0 bridgehead atoms. The molecule has 0 aliphatic heterocycles. The molecule has 1 aromatic heterocycles. The normalized spacial score (nSPS) is 13.8. The summed E-state index contributed by atoms with van der Waals surface area (Å²) in [5.41, 5.74) is 7.20. The number of hydrogen-bond donors (Lipinski definition) is 1. The van der Waals surface area contributed by atoms with E-state index < -0.39 is 0 Å². The van der Waals surface area contributed by atoms with E-state index in [1.165, 1.54) is 0 Å². The third kappa shape index (κ3) is 3.53. The largest absolute Gasteiger partial charge is 0.493 e. The first kappa shape index (κ1) is 15.4. The fourth-order valence-electron chi connectivity index (χ4n) is 1.91. The van der Waals surface area contributed by atoms with Crippen LogP contribution in [0.3, 0.4) is 0 Å². The first-order valence-electron chi connectivity index (χ1n) is 6.32. The van der Waals surface area contributed by atoms with Crippen LogP contribution in [0.5, 0.6) is 11.5 Å². The zero-order chi connectivity index (χ0) is 14.7. The number of hydrogen-bond acceptors (Lipinski definition) is 4. The van der Waals surface area contributed by atoms with E-state index >= 15 is 0 Å². The summed E-state index contributed by atoms with van der Waals surface area (Å²) in [5, 5.41) is 2.03. The number of halogens is 1. The number of rotatable bonds is 5. The molecule has 2 atom stereocenters. The van der Waals surface area contributed by atoms with Crippen LogP contribution in [0.25, 0.3) is 0 Å². The minimum Gasteiger partial charge on any atom is -0.493 e. The minimum atomic E-state index is -0.192. The van der Waals surface area contributed by atoms with Gasteiger partial charge in [-0.1, -0.05) is 6.07 Å². The van der Waals surface area contributed by atoms with E-state index in [0.717, 1.165) is 20.7 Å². The Labute approximate surface area is 131 Å². The van der Waals surface area contributed by atoms with Gasteiger partial charge in [0.05, 0.1) is 7.11 Å². The summed E-state index contributed by atoms with van der Waals surface area (Å²) in [7, 11) is 1.64. The van der Waals surface area contributed by atoms with Crippen molar-refractivity contribution in [2.75, 3.05) is 7.11 Å². The van der Waals surface area contributed by atoms with E-state index in [-0.39, 0.29) is 12.1 Å².